The van der Waals surface area contributed by atoms with E-state index in [1.54, 1.807) is 6.92 Å². The number of carbonyl (C=O) groups excluding carboxylic acids is 4. The van der Waals surface area contributed by atoms with Crippen molar-refractivity contribution in [1.82, 2.24) is 30.8 Å². The monoisotopic (exact) mass is 899 g/mol. The fourth-order valence-electron chi connectivity index (χ4n) is 6.93. The fourth-order valence-corrected chi connectivity index (χ4v) is 6.93. The number of ether oxygens (including phenoxy) is 2. The molecule has 4 aromatic rings. The lowest BCUT2D eigenvalue weighted by Gasteiger charge is -2.30. The molecule has 348 valence electrons. The second-order valence-corrected chi connectivity index (χ2v) is 16.8. The van der Waals surface area contributed by atoms with Crippen molar-refractivity contribution >= 4 is 35.4 Å². The van der Waals surface area contributed by atoms with Crippen LogP contribution in [-0.4, -0.2) is 129 Å². The number of carboxylic acid groups (broad SMARTS) is 1. The lowest BCUT2D eigenvalue weighted by Crippen LogP contribution is -2.53. The first-order valence-electron chi connectivity index (χ1n) is 20.8. The molecule has 3 aromatic carbocycles. The normalized spacial score (nSPS) is 17.4. The molecule has 1 aliphatic heterocycles. The third kappa shape index (κ3) is 11.8. The molecular formula is C45H57N9O11. The minimum Gasteiger partial charge on any atom is -0.504 e. The van der Waals surface area contributed by atoms with Crippen molar-refractivity contribution in [1.29, 1.82) is 0 Å². The lowest BCUT2D eigenvalue weighted by atomic mass is 9.86. The summed E-state index contributed by atoms with van der Waals surface area (Å²) in [6, 6.07) is 10.3. The second kappa shape index (κ2) is 20.8. The number of carboxylic acids is 1. The Labute approximate surface area is 375 Å². The highest BCUT2D eigenvalue weighted by atomic mass is 16.5. The molecular weight excluding hydrogens is 843 g/mol. The van der Waals surface area contributed by atoms with Gasteiger partial charge in [0.05, 0.1) is 12.2 Å². The number of aromatic hydroxyl groups is 1. The number of nitrogen functional groups attached to an aromatic ring is 1. The number of carbonyl (C=O) groups is 5. The van der Waals surface area contributed by atoms with Crippen LogP contribution in [0, 0.1) is 6.92 Å². The number of hydrogen-bond donors (Lipinski definition) is 10. The Hall–Kier alpha value is -6.87. The van der Waals surface area contributed by atoms with E-state index in [9.17, 15) is 44.4 Å². The Morgan fingerprint density at radius 3 is 2.12 bits per heavy atom. The van der Waals surface area contributed by atoms with Crippen LogP contribution in [0.5, 0.6) is 17.2 Å². The largest absolute Gasteiger partial charge is 0.504 e. The lowest BCUT2D eigenvalue weighted by molar-refractivity contribution is -0.142. The number of nitrogens with one attached hydrogen (secondary N) is 3. The summed E-state index contributed by atoms with van der Waals surface area (Å²) in [4.78, 5) is 77.8. The number of rotatable bonds is 14. The van der Waals surface area contributed by atoms with Crippen LogP contribution < -0.4 is 42.6 Å². The van der Waals surface area contributed by atoms with E-state index in [0.717, 1.165) is 10.5 Å². The molecule has 65 heavy (non-hydrogen) atoms. The fraction of sp³-hybridized carbons (Fsp3) is 0.400. The summed E-state index contributed by atoms with van der Waals surface area (Å²) in [6.45, 7) is 7.43. The van der Waals surface area contributed by atoms with Crippen molar-refractivity contribution in [2.24, 2.45) is 11.5 Å². The number of aryl methyl sites for hydroxylation is 1. The summed E-state index contributed by atoms with van der Waals surface area (Å²) < 4.78 is 11.7. The van der Waals surface area contributed by atoms with Crippen LogP contribution in [-0.2, 0) is 31.0 Å². The number of aliphatic hydroxyl groups is 2. The average molecular weight is 900 g/mol. The number of likely N-dealkylation sites (N-methyl/N-ethyl adjacent to an activating group) is 1. The molecule has 0 fully saturated rings. The Kier molecular flexibility index (Phi) is 15.7. The molecule has 1 aliphatic rings. The third-order valence-corrected chi connectivity index (χ3v) is 10.7. The summed E-state index contributed by atoms with van der Waals surface area (Å²) in [5.41, 5.74) is 19.8. The predicted octanol–water partition coefficient (Wildman–Crippen LogP) is 0.661. The number of aliphatic hydroxyl groups excluding tert-OH is 2. The molecule has 13 N–H and O–H groups in total. The van der Waals surface area contributed by atoms with Gasteiger partial charge >= 0.3 is 5.97 Å². The van der Waals surface area contributed by atoms with Crippen molar-refractivity contribution in [3.8, 4) is 39.8 Å². The zero-order valence-electron chi connectivity index (χ0n) is 37.0. The van der Waals surface area contributed by atoms with E-state index in [1.807, 2.05) is 24.3 Å². The van der Waals surface area contributed by atoms with Gasteiger partial charge in [-0.05, 0) is 60.2 Å². The molecule has 2 heterocycles. The van der Waals surface area contributed by atoms with Crippen LogP contribution >= 0.6 is 0 Å². The second-order valence-electron chi connectivity index (χ2n) is 16.8. The average Bonchev–Trinajstić information content (AvgIpc) is 3.26. The molecule has 4 bridgehead atoms. The van der Waals surface area contributed by atoms with Crippen molar-refractivity contribution in [2.45, 2.75) is 76.8 Å². The van der Waals surface area contributed by atoms with E-state index in [2.05, 4.69) is 46.7 Å². The minimum atomic E-state index is -1.63. The maximum Gasteiger partial charge on any atom is 0.326 e. The molecule has 0 saturated carbocycles. The number of aliphatic carboxylic acids is 1. The van der Waals surface area contributed by atoms with Gasteiger partial charge in [-0.2, -0.15) is 0 Å². The van der Waals surface area contributed by atoms with Crippen LogP contribution in [0.25, 0.3) is 22.5 Å². The first kappa shape index (κ1) is 49.2. The number of hydrogen-bond acceptors (Lipinski definition) is 15. The molecule has 0 aliphatic carbocycles. The summed E-state index contributed by atoms with van der Waals surface area (Å²) >= 11 is 0. The van der Waals surface area contributed by atoms with E-state index in [1.165, 1.54) is 44.3 Å². The molecule has 0 radical (unpaired) electrons. The minimum absolute atomic E-state index is 0.0146. The molecule has 5 rings (SSSR count). The number of nitrogens with two attached hydrogens (primary N) is 3. The standard InChI is InChI=1S/C45H57N9O11/c1-22-36(39(48)53-40(50-22)25-8-10-27(11-9-25)45(3,4)5)42(60)49-19-35(57)54(6)37-26-15-31(38(58)34(16-26)65-21-29(56)18-47)30-13-24(7-12-33(30)64-20-28(55)17-46)14-32(44(62)63)52-41(59)23(2)51-43(37)61/h7-13,15-16,23,28-29,32,37,55-56,58H,14,17-21,46-47H2,1-6H3,(H,49,60)(H,51,61)(H,52,59)(H,62,63)(H2,48,50,53)/t23-,28-,29-,32-,37-/m0/s1. The maximum atomic E-state index is 14.4. The van der Waals surface area contributed by atoms with Gasteiger partial charge < -0.3 is 68.0 Å². The Bertz CT molecular complexity index is 2400. The quantitative estimate of drug-likeness (QED) is 0.0831. The summed E-state index contributed by atoms with van der Waals surface area (Å²) in [5.74, 6) is -5.30. The first-order valence-corrected chi connectivity index (χ1v) is 20.8. The van der Waals surface area contributed by atoms with Crippen LogP contribution in [0.2, 0.25) is 0 Å². The molecule has 4 amide bonds. The van der Waals surface area contributed by atoms with Gasteiger partial charge in [0.15, 0.2) is 17.3 Å². The van der Waals surface area contributed by atoms with E-state index >= 15 is 0 Å². The van der Waals surface area contributed by atoms with Gasteiger partial charge in [-0.15, -0.1) is 0 Å². The van der Waals surface area contributed by atoms with E-state index in [4.69, 9.17) is 26.7 Å². The van der Waals surface area contributed by atoms with E-state index < -0.39 is 78.8 Å². The van der Waals surface area contributed by atoms with Crippen LogP contribution in [0.15, 0.2) is 54.6 Å². The third-order valence-electron chi connectivity index (χ3n) is 10.7. The summed E-state index contributed by atoms with van der Waals surface area (Å²) in [5, 5.41) is 49.9. The smallest absolute Gasteiger partial charge is 0.326 e. The van der Waals surface area contributed by atoms with Crippen LogP contribution in [0.3, 0.4) is 0 Å². The zero-order valence-corrected chi connectivity index (χ0v) is 37.0. The molecule has 5 atom stereocenters. The number of anilines is 1. The Balaban J connectivity index is 1.56. The highest BCUT2D eigenvalue weighted by molar-refractivity contribution is 6.02. The zero-order chi connectivity index (χ0) is 47.9. The van der Waals surface area contributed by atoms with Crippen molar-refractivity contribution in [3.63, 3.8) is 0 Å². The van der Waals surface area contributed by atoms with Crippen molar-refractivity contribution in [3.05, 3.63) is 82.5 Å². The molecule has 0 spiro atoms. The molecule has 20 heteroatoms. The Morgan fingerprint density at radius 2 is 1.54 bits per heavy atom. The molecule has 1 aromatic heterocycles. The topological polar surface area (TPSA) is 328 Å². The van der Waals surface area contributed by atoms with Gasteiger partial charge in [0.2, 0.25) is 17.7 Å². The molecule has 0 unspecified atom stereocenters. The number of amides is 4. The summed E-state index contributed by atoms with van der Waals surface area (Å²) in [6.07, 6.45) is -2.52. The Morgan fingerprint density at radius 1 is 0.908 bits per heavy atom. The van der Waals surface area contributed by atoms with Gasteiger partial charge in [0.25, 0.3) is 5.91 Å². The molecule has 20 nitrogen and oxygen atoms in total. The van der Waals surface area contributed by atoms with Crippen molar-refractivity contribution < 1.29 is 53.9 Å². The summed E-state index contributed by atoms with van der Waals surface area (Å²) in [7, 11) is 1.27. The maximum absolute atomic E-state index is 14.4. The van der Waals surface area contributed by atoms with E-state index in [-0.39, 0.29) is 76.8 Å². The van der Waals surface area contributed by atoms with Gasteiger partial charge in [-0.3, -0.25) is 19.2 Å². The van der Waals surface area contributed by atoms with Gasteiger partial charge in [-0.25, -0.2) is 14.8 Å². The SMILES string of the molecule is Cc1nc(-c2ccc(C(C)(C)C)cc2)nc(N)c1C(=O)NCC(=O)N(C)[C@@H]1C(=O)N[C@@H](C)C(=O)N[C@H](C(=O)O)Cc2ccc(OC[C@@H](O)CN)c(c2)-c2cc1cc(OC[C@@H](O)CN)c2O. The highest BCUT2D eigenvalue weighted by Gasteiger charge is 2.35. The number of phenols is 1. The molecule has 0 saturated heterocycles. The highest BCUT2D eigenvalue weighted by Crippen LogP contribution is 2.45. The number of aromatic nitrogens is 2. The van der Waals surface area contributed by atoms with E-state index in [0.29, 0.717) is 17.0 Å². The number of nitrogens with zero attached hydrogens (tertiary/aromatic N) is 3. The van der Waals surface area contributed by atoms with Crippen molar-refractivity contribution in [2.75, 3.05) is 45.6 Å². The van der Waals surface area contributed by atoms with Gasteiger partial charge in [0, 0.05) is 43.2 Å². The first-order chi connectivity index (χ1) is 30.6. The van der Waals surface area contributed by atoms with Gasteiger partial charge in [-0.1, -0.05) is 51.1 Å². The number of phenolic OH excluding ortho intramolecular Hbond substituents is 1. The predicted molar refractivity (Wildman–Crippen MR) is 239 cm³/mol. The van der Waals surface area contributed by atoms with Gasteiger partial charge in [0.1, 0.15) is 60.7 Å². The number of fused-ring (bicyclic) bond motifs is 5. The van der Waals surface area contributed by atoms with Crippen LogP contribution in [0.1, 0.15) is 66.5 Å². The van der Waals surface area contributed by atoms with Crippen LogP contribution in [0.4, 0.5) is 5.82 Å². The number of benzene rings is 3.